The van der Waals surface area contributed by atoms with Gasteiger partial charge in [0.1, 0.15) is 5.75 Å². The molecule has 1 aliphatic rings. The third kappa shape index (κ3) is 4.22. The molecule has 19 heavy (non-hydrogen) atoms. The van der Waals surface area contributed by atoms with Gasteiger partial charge >= 0.3 is 0 Å². The lowest BCUT2D eigenvalue weighted by Gasteiger charge is -2.26. The Balaban J connectivity index is 2.00. The number of nitrogens with zero attached hydrogens (tertiary/aromatic N) is 1. The van der Waals surface area contributed by atoms with Crippen LogP contribution in [0.2, 0.25) is 0 Å². The summed E-state index contributed by atoms with van der Waals surface area (Å²) < 4.78 is 5.31. The summed E-state index contributed by atoms with van der Waals surface area (Å²) in [6, 6.07) is 8.74. The van der Waals surface area contributed by atoms with Crippen LogP contribution in [0, 0.1) is 5.92 Å². The molecule has 0 aromatic heterocycles. The summed E-state index contributed by atoms with van der Waals surface area (Å²) in [5, 5.41) is 3.43. The molecule has 0 spiro atoms. The molecule has 0 bridgehead atoms. The van der Waals surface area contributed by atoms with Crippen LogP contribution in [0.25, 0.3) is 0 Å². The lowest BCUT2D eigenvalue weighted by molar-refractivity contribution is 0.248. The largest absolute Gasteiger partial charge is 0.497 e. The van der Waals surface area contributed by atoms with Crippen molar-refractivity contribution < 1.29 is 4.74 Å². The second-order valence-electron chi connectivity index (χ2n) is 5.41. The van der Waals surface area contributed by atoms with Crippen LogP contribution in [-0.2, 0) is 0 Å². The monoisotopic (exact) mass is 262 g/mol. The number of methoxy groups -OCH3 is 1. The quantitative estimate of drug-likeness (QED) is 0.779. The maximum atomic E-state index is 5.31. The zero-order valence-corrected chi connectivity index (χ0v) is 12.4. The normalized spacial score (nSPS) is 16.6. The van der Waals surface area contributed by atoms with E-state index in [0.717, 1.165) is 24.8 Å². The van der Waals surface area contributed by atoms with Gasteiger partial charge in [0, 0.05) is 19.1 Å². The fourth-order valence-electron chi connectivity index (χ4n) is 2.48. The highest BCUT2D eigenvalue weighted by Gasteiger charge is 2.25. The summed E-state index contributed by atoms with van der Waals surface area (Å²) in [5.74, 6) is 1.88. The first-order valence-electron chi connectivity index (χ1n) is 7.30. The minimum absolute atomic E-state index is 0.369. The van der Waals surface area contributed by atoms with E-state index in [1.54, 1.807) is 7.11 Å². The minimum atomic E-state index is 0.369. The van der Waals surface area contributed by atoms with Gasteiger partial charge in [0.2, 0.25) is 0 Å². The van der Waals surface area contributed by atoms with Crippen LogP contribution >= 0.6 is 0 Å². The highest BCUT2D eigenvalue weighted by atomic mass is 16.5. The van der Waals surface area contributed by atoms with Gasteiger partial charge in [-0.25, -0.2) is 0 Å². The summed E-state index contributed by atoms with van der Waals surface area (Å²) in [6.07, 6.45) is 2.83. The fourth-order valence-corrected chi connectivity index (χ4v) is 2.48. The minimum Gasteiger partial charge on any atom is -0.497 e. The zero-order valence-electron chi connectivity index (χ0n) is 12.4. The van der Waals surface area contributed by atoms with Crippen LogP contribution in [0.4, 0.5) is 0 Å². The van der Waals surface area contributed by atoms with Crippen molar-refractivity contribution in [1.82, 2.24) is 10.2 Å². The molecule has 0 amide bonds. The summed E-state index contributed by atoms with van der Waals surface area (Å²) >= 11 is 0. The number of likely N-dealkylation sites (N-methyl/N-ethyl adjacent to an activating group) is 2. The first-order valence-corrected chi connectivity index (χ1v) is 7.30. The summed E-state index contributed by atoms with van der Waals surface area (Å²) in [6.45, 7) is 5.69. The van der Waals surface area contributed by atoms with Gasteiger partial charge in [-0.3, -0.25) is 0 Å². The van der Waals surface area contributed by atoms with Gasteiger partial charge in [-0.15, -0.1) is 0 Å². The van der Waals surface area contributed by atoms with Crippen molar-refractivity contribution in [2.45, 2.75) is 25.8 Å². The number of hydrogen-bond acceptors (Lipinski definition) is 3. The van der Waals surface area contributed by atoms with Crippen molar-refractivity contribution >= 4 is 0 Å². The Hall–Kier alpha value is -1.06. The van der Waals surface area contributed by atoms with Crippen molar-refractivity contribution in [3.63, 3.8) is 0 Å². The molecule has 1 fully saturated rings. The van der Waals surface area contributed by atoms with Crippen LogP contribution in [0.1, 0.15) is 31.4 Å². The molecule has 3 nitrogen and oxygen atoms in total. The lowest BCUT2D eigenvalue weighted by Crippen LogP contribution is -2.35. The van der Waals surface area contributed by atoms with Gasteiger partial charge in [0.05, 0.1) is 7.11 Å². The lowest BCUT2D eigenvalue weighted by atomic mass is 10.1. The van der Waals surface area contributed by atoms with Crippen LogP contribution < -0.4 is 10.1 Å². The highest BCUT2D eigenvalue weighted by Crippen LogP contribution is 2.30. The van der Waals surface area contributed by atoms with E-state index in [9.17, 15) is 0 Å². The van der Waals surface area contributed by atoms with Crippen LogP contribution in [0.5, 0.6) is 5.75 Å². The molecule has 0 aliphatic heterocycles. The summed E-state index contributed by atoms with van der Waals surface area (Å²) in [7, 11) is 3.76. The second-order valence-corrected chi connectivity index (χ2v) is 5.41. The van der Waals surface area contributed by atoms with Gasteiger partial charge < -0.3 is 15.0 Å². The first-order chi connectivity index (χ1) is 9.26. The van der Waals surface area contributed by atoms with E-state index in [1.807, 2.05) is 13.1 Å². The van der Waals surface area contributed by atoms with E-state index in [0.29, 0.717) is 6.04 Å². The SMILES string of the molecule is CCN(CC1CC1)CC(NC)c1cccc(OC)c1. The van der Waals surface area contributed by atoms with Crippen molar-refractivity contribution in [2.24, 2.45) is 5.92 Å². The van der Waals surface area contributed by atoms with Gasteiger partial charge in [-0.05, 0) is 50.0 Å². The Morgan fingerprint density at radius 2 is 2.21 bits per heavy atom. The average molecular weight is 262 g/mol. The second kappa shape index (κ2) is 6.92. The van der Waals surface area contributed by atoms with Crippen molar-refractivity contribution in [3.05, 3.63) is 29.8 Å². The maximum Gasteiger partial charge on any atom is 0.119 e. The van der Waals surface area contributed by atoms with E-state index in [-0.39, 0.29) is 0 Å². The molecule has 0 saturated heterocycles. The van der Waals surface area contributed by atoms with Crippen LogP contribution in [0.15, 0.2) is 24.3 Å². The molecule has 1 aliphatic carbocycles. The predicted molar refractivity (Wildman–Crippen MR) is 79.6 cm³/mol. The fraction of sp³-hybridized carbons (Fsp3) is 0.625. The van der Waals surface area contributed by atoms with E-state index < -0.39 is 0 Å². The maximum absolute atomic E-state index is 5.31. The molecule has 106 valence electrons. The molecule has 1 aromatic carbocycles. The van der Waals surface area contributed by atoms with E-state index in [4.69, 9.17) is 4.74 Å². The smallest absolute Gasteiger partial charge is 0.119 e. The molecule has 1 saturated carbocycles. The standard InChI is InChI=1S/C16H26N2O/c1-4-18(11-13-8-9-13)12-16(17-2)14-6-5-7-15(10-14)19-3/h5-7,10,13,16-17H,4,8-9,11-12H2,1-3H3. The average Bonchev–Trinajstić information content (AvgIpc) is 3.27. The Morgan fingerprint density at radius 3 is 2.79 bits per heavy atom. The number of rotatable bonds is 8. The molecule has 2 rings (SSSR count). The van der Waals surface area contributed by atoms with Crippen molar-refractivity contribution in [2.75, 3.05) is 33.8 Å². The van der Waals surface area contributed by atoms with Gasteiger partial charge in [0.15, 0.2) is 0 Å². The number of hydrogen-bond donors (Lipinski definition) is 1. The highest BCUT2D eigenvalue weighted by molar-refractivity contribution is 5.30. The summed E-state index contributed by atoms with van der Waals surface area (Å²) in [4.78, 5) is 2.55. The Labute approximate surface area is 116 Å². The first kappa shape index (κ1) is 14.4. The van der Waals surface area contributed by atoms with E-state index in [2.05, 4.69) is 35.3 Å². The number of nitrogens with one attached hydrogen (secondary N) is 1. The molecular formula is C16H26N2O. The van der Waals surface area contributed by atoms with Crippen LogP contribution in [-0.4, -0.2) is 38.7 Å². The van der Waals surface area contributed by atoms with Crippen LogP contribution in [0.3, 0.4) is 0 Å². The molecular weight excluding hydrogens is 236 g/mol. The zero-order chi connectivity index (χ0) is 13.7. The van der Waals surface area contributed by atoms with Gasteiger partial charge in [-0.2, -0.15) is 0 Å². The topological polar surface area (TPSA) is 24.5 Å². The molecule has 1 N–H and O–H groups in total. The molecule has 3 heteroatoms. The van der Waals surface area contributed by atoms with Gasteiger partial charge in [0.25, 0.3) is 0 Å². The molecule has 1 aromatic rings. The molecule has 1 atom stereocenters. The Kier molecular flexibility index (Phi) is 5.23. The predicted octanol–water partition coefficient (Wildman–Crippen LogP) is 2.69. The number of benzene rings is 1. The third-order valence-corrected chi connectivity index (χ3v) is 3.95. The number of ether oxygens (including phenoxy) is 1. The Bertz CT molecular complexity index is 390. The van der Waals surface area contributed by atoms with Crippen molar-refractivity contribution in [3.8, 4) is 5.75 Å². The third-order valence-electron chi connectivity index (χ3n) is 3.95. The van der Waals surface area contributed by atoms with E-state index in [1.165, 1.54) is 24.9 Å². The molecule has 1 unspecified atom stereocenters. The van der Waals surface area contributed by atoms with Crippen molar-refractivity contribution in [1.29, 1.82) is 0 Å². The van der Waals surface area contributed by atoms with Gasteiger partial charge in [-0.1, -0.05) is 19.1 Å². The molecule has 0 heterocycles. The summed E-state index contributed by atoms with van der Waals surface area (Å²) in [5.41, 5.74) is 1.30. The Morgan fingerprint density at radius 1 is 1.42 bits per heavy atom. The van der Waals surface area contributed by atoms with E-state index >= 15 is 0 Å². The molecule has 0 radical (unpaired) electrons.